The van der Waals surface area contributed by atoms with Crippen LogP contribution >= 0.6 is 11.8 Å². The van der Waals surface area contributed by atoms with Crippen LogP contribution in [-0.2, 0) is 9.59 Å². The zero-order valence-corrected chi connectivity index (χ0v) is 12.5. The molecular weight excluding hydrogens is 317 g/mol. The van der Waals surface area contributed by atoms with Crippen molar-refractivity contribution in [2.45, 2.75) is 30.7 Å². The van der Waals surface area contributed by atoms with E-state index in [1.165, 1.54) is 16.7 Å². The van der Waals surface area contributed by atoms with Crippen molar-refractivity contribution in [1.82, 2.24) is 4.90 Å². The average Bonchev–Trinajstić information content (AvgIpc) is 2.97. The maximum absolute atomic E-state index is 13.6. The fraction of sp³-hybridized carbons (Fsp3) is 0.429. The second-order valence-corrected chi connectivity index (χ2v) is 6.98. The number of nitrogens with one attached hydrogen (secondary N) is 1. The molecule has 0 radical (unpaired) electrons. The molecule has 0 saturated carbocycles. The van der Waals surface area contributed by atoms with Gasteiger partial charge in [0.1, 0.15) is 6.04 Å². The summed E-state index contributed by atoms with van der Waals surface area (Å²) in [5.74, 6) is -4.75. The van der Waals surface area contributed by atoms with E-state index in [4.69, 9.17) is 0 Å². The quantitative estimate of drug-likeness (QED) is 0.848. The number of amides is 2. The molecule has 4 nitrogen and oxygen atoms in total. The van der Waals surface area contributed by atoms with Crippen LogP contribution in [0.2, 0.25) is 0 Å². The predicted molar refractivity (Wildman–Crippen MR) is 75.7 cm³/mol. The maximum atomic E-state index is 13.6. The van der Waals surface area contributed by atoms with Crippen molar-refractivity contribution < 1.29 is 22.8 Å². The molecular formula is C14H13F3N2O2S. The first-order chi connectivity index (χ1) is 10.3. The molecule has 2 heterocycles. The van der Waals surface area contributed by atoms with Gasteiger partial charge in [-0.3, -0.25) is 9.59 Å². The Morgan fingerprint density at radius 3 is 2.82 bits per heavy atom. The lowest BCUT2D eigenvalue weighted by Gasteiger charge is -2.29. The van der Waals surface area contributed by atoms with Crippen molar-refractivity contribution in [2.75, 3.05) is 11.1 Å². The zero-order valence-electron chi connectivity index (χ0n) is 11.7. The minimum atomic E-state index is -1.64. The summed E-state index contributed by atoms with van der Waals surface area (Å²) in [6.45, 7) is 1.88. The van der Waals surface area contributed by atoms with E-state index in [2.05, 4.69) is 5.32 Å². The van der Waals surface area contributed by atoms with Gasteiger partial charge in [-0.2, -0.15) is 0 Å². The van der Waals surface area contributed by atoms with Crippen molar-refractivity contribution in [3.8, 4) is 0 Å². The molecule has 118 valence electrons. The summed E-state index contributed by atoms with van der Waals surface area (Å²) in [7, 11) is 0. The second-order valence-electron chi connectivity index (χ2n) is 5.48. The molecule has 22 heavy (non-hydrogen) atoms. The highest BCUT2D eigenvalue weighted by atomic mass is 32.2. The van der Waals surface area contributed by atoms with E-state index in [1.54, 1.807) is 0 Å². The molecule has 0 spiro atoms. The topological polar surface area (TPSA) is 49.4 Å². The number of hydrogen-bond acceptors (Lipinski definition) is 3. The van der Waals surface area contributed by atoms with E-state index in [9.17, 15) is 22.8 Å². The summed E-state index contributed by atoms with van der Waals surface area (Å²) < 4.78 is 39.7. The molecule has 2 fully saturated rings. The SMILES string of the molecule is C[C@]12CCC(=O)N1[C@H](C(=O)Nc1ccc(F)c(F)c1F)CS2. The van der Waals surface area contributed by atoms with Gasteiger partial charge in [0.05, 0.1) is 10.6 Å². The summed E-state index contributed by atoms with van der Waals surface area (Å²) in [6.07, 6.45) is 1.02. The minimum Gasteiger partial charge on any atom is -0.322 e. The monoisotopic (exact) mass is 330 g/mol. The van der Waals surface area contributed by atoms with Crippen LogP contribution in [0.4, 0.5) is 18.9 Å². The smallest absolute Gasteiger partial charge is 0.248 e. The predicted octanol–water partition coefficient (Wildman–Crippen LogP) is 2.50. The standard InChI is InChI=1S/C14H13F3N2O2S/c1-14-5-4-10(20)19(14)9(6-22-14)13(21)18-8-3-2-7(15)11(16)12(8)17/h2-3,9H,4-6H2,1H3,(H,18,21)/t9-,14-/m0/s1. The Hall–Kier alpha value is -1.70. The van der Waals surface area contributed by atoms with Crippen LogP contribution in [0, 0.1) is 17.5 Å². The van der Waals surface area contributed by atoms with Crippen molar-refractivity contribution in [3.05, 3.63) is 29.6 Å². The molecule has 2 amide bonds. The number of fused-ring (bicyclic) bond motifs is 1. The molecule has 3 rings (SSSR count). The molecule has 2 aliphatic heterocycles. The lowest BCUT2D eigenvalue weighted by molar-refractivity contribution is -0.135. The first-order valence-corrected chi connectivity index (χ1v) is 7.72. The lowest BCUT2D eigenvalue weighted by Crippen LogP contribution is -2.48. The Kier molecular flexibility index (Phi) is 3.58. The van der Waals surface area contributed by atoms with Crippen LogP contribution in [0.1, 0.15) is 19.8 Å². The Bertz CT molecular complexity index is 670. The van der Waals surface area contributed by atoms with E-state index >= 15 is 0 Å². The van der Waals surface area contributed by atoms with Crippen molar-refractivity contribution >= 4 is 29.3 Å². The van der Waals surface area contributed by atoms with Crippen molar-refractivity contribution in [2.24, 2.45) is 0 Å². The molecule has 0 bridgehead atoms. The first-order valence-electron chi connectivity index (χ1n) is 6.74. The van der Waals surface area contributed by atoms with E-state index in [1.807, 2.05) is 6.92 Å². The largest absolute Gasteiger partial charge is 0.322 e. The Labute approximate surface area is 129 Å². The summed E-state index contributed by atoms with van der Waals surface area (Å²) in [6, 6.07) is 0.957. The summed E-state index contributed by atoms with van der Waals surface area (Å²) >= 11 is 1.49. The molecule has 2 atom stereocenters. The number of anilines is 1. The van der Waals surface area contributed by atoms with Crippen LogP contribution < -0.4 is 5.32 Å². The van der Waals surface area contributed by atoms with Crippen molar-refractivity contribution in [3.63, 3.8) is 0 Å². The van der Waals surface area contributed by atoms with Crippen LogP contribution in [0.3, 0.4) is 0 Å². The fourth-order valence-corrected chi connectivity index (χ4v) is 4.29. The molecule has 8 heteroatoms. The zero-order chi connectivity index (χ0) is 16.1. The molecule has 1 aromatic carbocycles. The Morgan fingerprint density at radius 2 is 2.09 bits per heavy atom. The van der Waals surface area contributed by atoms with Gasteiger partial charge in [0.15, 0.2) is 17.5 Å². The third kappa shape index (κ3) is 2.25. The van der Waals surface area contributed by atoms with Gasteiger partial charge in [-0.05, 0) is 25.5 Å². The van der Waals surface area contributed by atoms with Gasteiger partial charge in [0, 0.05) is 12.2 Å². The van der Waals surface area contributed by atoms with Crippen LogP contribution in [0.5, 0.6) is 0 Å². The molecule has 1 N–H and O–H groups in total. The third-order valence-corrected chi connectivity index (χ3v) is 5.55. The number of rotatable bonds is 2. The summed E-state index contributed by atoms with van der Waals surface area (Å²) in [5, 5.41) is 2.24. The van der Waals surface area contributed by atoms with E-state index in [0.29, 0.717) is 18.6 Å². The van der Waals surface area contributed by atoms with Crippen LogP contribution in [-0.4, -0.2) is 33.4 Å². The fourth-order valence-electron chi connectivity index (χ4n) is 2.85. The van der Waals surface area contributed by atoms with E-state index in [-0.39, 0.29) is 5.91 Å². The van der Waals surface area contributed by atoms with Crippen molar-refractivity contribution in [1.29, 1.82) is 0 Å². The Balaban J connectivity index is 1.81. The van der Waals surface area contributed by atoms with E-state index in [0.717, 1.165) is 12.1 Å². The molecule has 0 aliphatic carbocycles. The van der Waals surface area contributed by atoms with E-state index < -0.39 is 40.0 Å². The lowest BCUT2D eigenvalue weighted by atomic mass is 10.2. The van der Waals surface area contributed by atoms with Gasteiger partial charge in [0.25, 0.3) is 0 Å². The molecule has 2 aliphatic rings. The van der Waals surface area contributed by atoms with Gasteiger partial charge in [-0.15, -0.1) is 11.8 Å². The minimum absolute atomic E-state index is 0.126. The molecule has 1 aromatic rings. The second kappa shape index (κ2) is 5.19. The number of halogens is 3. The number of nitrogens with zero attached hydrogens (tertiary/aromatic N) is 1. The normalized spacial score (nSPS) is 27.2. The number of hydrogen-bond donors (Lipinski definition) is 1. The summed E-state index contributed by atoms with van der Waals surface area (Å²) in [4.78, 5) is 25.3. The maximum Gasteiger partial charge on any atom is 0.248 e. The highest BCUT2D eigenvalue weighted by Gasteiger charge is 2.52. The number of thioether (sulfide) groups is 1. The van der Waals surface area contributed by atoms with Crippen LogP contribution in [0.25, 0.3) is 0 Å². The molecule has 0 aromatic heterocycles. The van der Waals surface area contributed by atoms with Gasteiger partial charge in [-0.1, -0.05) is 0 Å². The highest BCUT2D eigenvalue weighted by molar-refractivity contribution is 8.01. The van der Waals surface area contributed by atoms with Gasteiger partial charge in [-0.25, -0.2) is 13.2 Å². The number of carbonyl (C=O) groups excluding carboxylic acids is 2. The van der Waals surface area contributed by atoms with Gasteiger partial charge < -0.3 is 10.2 Å². The molecule has 0 unspecified atom stereocenters. The summed E-state index contributed by atoms with van der Waals surface area (Å²) in [5.41, 5.74) is -0.436. The average molecular weight is 330 g/mol. The highest BCUT2D eigenvalue weighted by Crippen LogP contribution is 2.47. The molecule has 2 saturated heterocycles. The van der Waals surface area contributed by atoms with Crippen LogP contribution in [0.15, 0.2) is 12.1 Å². The Morgan fingerprint density at radius 1 is 1.36 bits per heavy atom. The number of carbonyl (C=O) groups is 2. The first kappa shape index (κ1) is 15.2. The number of benzene rings is 1. The van der Waals surface area contributed by atoms with Gasteiger partial charge >= 0.3 is 0 Å². The third-order valence-electron chi connectivity index (χ3n) is 4.04. The van der Waals surface area contributed by atoms with Gasteiger partial charge in [0.2, 0.25) is 11.8 Å².